The monoisotopic (exact) mass is 400 g/mol. The van der Waals surface area contributed by atoms with Gasteiger partial charge in [0.2, 0.25) is 10.0 Å². The molecule has 0 aliphatic heterocycles. The molecule has 0 atom stereocenters. The van der Waals surface area contributed by atoms with Crippen LogP contribution in [-0.4, -0.2) is 39.0 Å². The van der Waals surface area contributed by atoms with Gasteiger partial charge in [-0.2, -0.15) is 4.31 Å². The van der Waals surface area contributed by atoms with Gasteiger partial charge in [-0.15, -0.1) is 0 Å². The smallest absolute Gasteiger partial charge is 0.246 e. The molecule has 9 heteroatoms. The lowest BCUT2D eigenvalue weighted by Crippen LogP contribution is -2.36. The van der Waals surface area contributed by atoms with Crippen LogP contribution in [0.5, 0.6) is 0 Å². The predicted octanol–water partition coefficient (Wildman–Crippen LogP) is 2.62. The van der Waals surface area contributed by atoms with E-state index in [0.29, 0.717) is 0 Å². The largest absolute Gasteiger partial charge is 0.395 e. The van der Waals surface area contributed by atoms with Gasteiger partial charge >= 0.3 is 0 Å². The van der Waals surface area contributed by atoms with Gasteiger partial charge in [0, 0.05) is 19.7 Å². The lowest BCUT2D eigenvalue weighted by molar-refractivity contribution is 0.177. The highest BCUT2D eigenvalue weighted by atomic mass is 79.9. The summed E-state index contributed by atoms with van der Waals surface area (Å²) in [6, 6.07) is 0.961. The summed E-state index contributed by atoms with van der Waals surface area (Å²) in [5.74, 6) is -0.991. The van der Waals surface area contributed by atoms with E-state index in [1.807, 2.05) is 0 Å². The third kappa shape index (κ3) is 3.34. The highest BCUT2D eigenvalue weighted by molar-refractivity contribution is 9.10. The number of sulfonamides is 1. The molecule has 1 aromatic carbocycles. The van der Waals surface area contributed by atoms with Crippen molar-refractivity contribution in [3.63, 3.8) is 0 Å². The molecular formula is C12H15BrClFN2O3S. The Morgan fingerprint density at radius 2 is 2.19 bits per heavy atom. The summed E-state index contributed by atoms with van der Waals surface area (Å²) in [5.41, 5.74) is 5.24. The molecule has 1 aliphatic carbocycles. The first-order chi connectivity index (χ1) is 9.80. The normalized spacial score (nSPS) is 15.7. The zero-order chi connectivity index (χ0) is 15.8. The number of hydrogen-bond donors (Lipinski definition) is 1. The Morgan fingerprint density at radius 3 is 2.71 bits per heavy atom. The van der Waals surface area contributed by atoms with Crippen LogP contribution in [0.25, 0.3) is 0 Å². The van der Waals surface area contributed by atoms with Gasteiger partial charge < -0.3 is 10.5 Å². The zero-order valence-corrected chi connectivity index (χ0v) is 14.4. The van der Waals surface area contributed by atoms with E-state index in [1.54, 1.807) is 0 Å². The maximum Gasteiger partial charge on any atom is 0.246 e. The van der Waals surface area contributed by atoms with E-state index in [2.05, 4.69) is 15.9 Å². The van der Waals surface area contributed by atoms with Gasteiger partial charge in [0.05, 0.1) is 21.8 Å². The first-order valence-electron chi connectivity index (χ1n) is 6.24. The van der Waals surface area contributed by atoms with Crippen molar-refractivity contribution in [2.24, 2.45) is 0 Å². The molecule has 0 radical (unpaired) electrons. The molecule has 0 saturated heterocycles. The number of methoxy groups -OCH3 is 1. The number of halogens is 3. The number of nitrogens with zero attached hydrogens (tertiary/aromatic N) is 1. The molecule has 1 aliphatic rings. The zero-order valence-electron chi connectivity index (χ0n) is 11.3. The third-order valence-corrected chi connectivity index (χ3v) is 6.55. The van der Waals surface area contributed by atoms with Gasteiger partial charge in [0.25, 0.3) is 0 Å². The lowest BCUT2D eigenvalue weighted by Gasteiger charge is -2.22. The molecule has 1 saturated carbocycles. The van der Waals surface area contributed by atoms with Gasteiger partial charge in [0.1, 0.15) is 4.90 Å². The second-order valence-corrected chi connectivity index (χ2v) is 7.80. The number of anilines is 1. The average Bonchev–Trinajstić information content (AvgIpc) is 3.25. The molecule has 1 fully saturated rings. The number of nitrogen functional groups attached to an aromatic ring is 1. The maximum absolute atomic E-state index is 14.3. The molecular weight excluding hydrogens is 387 g/mol. The highest BCUT2D eigenvalue weighted by Gasteiger charge is 2.39. The van der Waals surface area contributed by atoms with Gasteiger partial charge in [-0.05, 0) is 34.8 Å². The van der Waals surface area contributed by atoms with Crippen LogP contribution in [0.15, 0.2) is 15.4 Å². The van der Waals surface area contributed by atoms with Crippen molar-refractivity contribution in [2.45, 2.75) is 23.8 Å². The van der Waals surface area contributed by atoms with E-state index in [1.165, 1.54) is 11.4 Å². The van der Waals surface area contributed by atoms with E-state index in [0.717, 1.165) is 18.9 Å². The summed E-state index contributed by atoms with van der Waals surface area (Å²) in [6.07, 6.45) is 1.51. The Kier molecular flexibility index (Phi) is 5.15. The van der Waals surface area contributed by atoms with E-state index in [4.69, 9.17) is 22.1 Å². The van der Waals surface area contributed by atoms with Crippen LogP contribution < -0.4 is 5.73 Å². The Morgan fingerprint density at radius 1 is 1.57 bits per heavy atom. The fourth-order valence-corrected chi connectivity index (χ4v) is 4.29. The summed E-state index contributed by atoms with van der Waals surface area (Å²) in [7, 11) is -2.53. The van der Waals surface area contributed by atoms with Crippen molar-refractivity contribution in [1.29, 1.82) is 0 Å². The summed E-state index contributed by atoms with van der Waals surface area (Å²) in [5, 5.41) is 0.0509. The van der Waals surface area contributed by atoms with Crippen molar-refractivity contribution >= 4 is 43.2 Å². The average molecular weight is 402 g/mol. The van der Waals surface area contributed by atoms with Crippen LogP contribution in [0.4, 0.5) is 10.1 Å². The quantitative estimate of drug-likeness (QED) is 0.587. The molecule has 0 bridgehead atoms. The summed E-state index contributed by atoms with van der Waals surface area (Å²) in [4.78, 5) is -0.504. The van der Waals surface area contributed by atoms with E-state index in [9.17, 15) is 12.8 Å². The Hall–Kier alpha value is -0.410. The van der Waals surface area contributed by atoms with Crippen molar-refractivity contribution in [3.8, 4) is 0 Å². The van der Waals surface area contributed by atoms with Crippen LogP contribution in [0, 0.1) is 5.82 Å². The predicted molar refractivity (Wildman–Crippen MR) is 82.3 cm³/mol. The van der Waals surface area contributed by atoms with Crippen molar-refractivity contribution < 1.29 is 17.5 Å². The summed E-state index contributed by atoms with van der Waals surface area (Å²) in [6.45, 7) is 0.396. The number of hydrogen-bond acceptors (Lipinski definition) is 4. The molecule has 2 rings (SSSR count). The molecule has 0 heterocycles. The Labute approximate surface area is 136 Å². The van der Waals surface area contributed by atoms with Crippen LogP contribution in [0.3, 0.4) is 0 Å². The molecule has 0 amide bonds. The second kappa shape index (κ2) is 6.37. The fourth-order valence-electron chi connectivity index (χ4n) is 1.96. The Bertz CT molecular complexity index is 652. The minimum atomic E-state index is -4.01. The molecule has 1 aromatic rings. The maximum atomic E-state index is 14.3. The minimum Gasteiger partial charge on any atom is -0.395 e. The SMILES string of the molecule is COCCN(C1CC1)S(=O)(=O)c1cc(Cl)c(Br)c(N)c1F. The van der Waals surface area contributed by atoms with Crippen LogP contribution in [-0.2, 0) is 14.8 Å². The van der Waals surface area contributed by atoms with Crippen LogP contribution in [0.1, 0.15) is 12.8 Å². The molecule has 0 unspecified atom stereocenters. The molecule has 118 valence electrons. The van der Waals surface area contributed by atoms with Crippen molar-refractivity contribution in [3.05, 3.63) is 21.4 Å². The van der Waals surface area contributed by atoms with Crippen molar-refractivity contribution in [2.75, 3.05) is 26.0 Å². The molecule has 5 nitrogen and oxygen atoms in total. The number of benzene rings is 1. The fraction of sp³-hybridized carbons (Fsp3) is 0.500. The van der Waals surface area contributed by atoms with Gasteiger partial charge in [-0.25, -0.2) is 12.8 Å². The van der Waals surface area contributed by atoms with Gasteiger partial charge in [-0.1, -0.05) is 11.6 Å². The first-order valence-corrected chi connectivity index (χ1v) is 8.85. The van der Waals surface area contributed by atoms with Crippen molar-refractivity contribution in [1.82, 2.24) is 4.31 Å². The topological polar surface area (TPSA) is 72.6 Å². The van der Waals surface area contributed by atoms with E-state index in [-0.39, 0.29) is 34.4 Å². The molecule has 0 aromatic heterocycles. The summed E-state index contributed by atoms with van der Waals surface area (Å²) < 4.78 is 45.9. The minimum absolute atomic E-state index is 0.0509. The van der Waals surface area contributed by atoms with E-state index >= 15 is 0 Å². The number of nitrogens with two attached hydrogens (primary N) is 1. The van der Waals surface area contributed by atoms with Crippen LogP contribution in [0.2, 0.25) is 5.02 Å². The van der Waals surface area contributed by atoms with Gasteiger partial charge in [-0.3, -0.25) is 0 Å². The first kappa shape index (κ1) is 17.0. The van der Waals surface area contributed by atoms with Gasteiger partial charge in [0.15, 0.2) is 5.82 Å². The van der Waals surface area contributed by atoms with E-state index < -0.39 is 20.7 Å². The third-order valence-electron chi connectivity index (χ3n) is 3.21. The molecule has 2 N–H and O–H groups in total. The lowest BCUT2D eigenvalue weighted by atomic mass is 10.3. The standard InChI is InChI=1S/C12H15BrClFN2O3S/c1-20-5-4-17(7-2-3-7)21(18,19)9-6-8(14)10(13)12(16)11(9)15/h6-7H,2-5,16H2,1H3. The molecule has 0 spiro atoms. The second-order valence-electron chi connectivity index (χ2n) is 4.74. The Balaban J connectivity index is 2.47. The number of ether oxygens (including phenoxy) is 1. The summed E-state index contributed by atoms with van der Waals surface area (Å²) >= 11 is 8.93. The van der Waals surface area contributed by atoms with Crippen LogP contribution >= 0.6 is 27.5 Å². The molecule has 21 heavy (non-hydrogen) atoms. The number of rotatable bonds is 6. The highest BCUT2D eigenvalue weighted by Crippen LogP contribution is 2.38.